The van der Waals surface area contributed by atoms with E-state index in [1.54, 1.807) is 30.5 Å². The van der Waals surface area contributed by atoms with Gasteiger partial charge in [-0.1, -0.05) is 42.5 Å². The molecule has 0 spiro atoms. The van der Waals surface area contributed by atoms with Gasteiger partial charge in [0.15, 0.2) is 9.84 Å². The highest BCUT2D eigenvalue weighted by molar-refractivity contribution is 7.91. The van der Waals surface area contributed by atoms with Crippen LogP contribution in [0, 0.1) is 0 Å². The fourth-order valence-corrected chi connectivity index (χ4v) is 9.26. The zero-order valence-electron chi connectivity index (χ0n) is 27.9. The van der Waals surface area contributed by atoms with E-state index in [4.69, 9.17) is 4.74 Å². The maximum Gasteiger partial charge on any atom is 0.340 e. The monoisotopic (exact) mass is 666 g/mol. The van der Waals surface area contributed by atoms with Crippen molar-refractivity contribution in [3.8, 4) is 0 Å². The number of benzene rings is 3. The van der Waals surface area contributed by atoms with Crippen molar-refractivity contribution in [1.82, 2.24) is 19.8 Å². The van der Waals surface area contributed by atoms with Crippen molar-refractivity contribution in [2.45, 2.75) is 80.5 Å². The summed E-state index contributed by atoms with van der Waals surface area (Å²) in [7, 11) is 1.15. The third-order valence-electron chi connectivity index (χ3n) is 10.9. The van der Waals surface area contributed by atoms with Crippen LogP contribution < -0.4 is 0 Å². The number of fused-ring (bicyclic) bond motifs is 4. The number of para-hydroxylation sites is 1. The SMILES string of the molecule is CN1CCC[C@@H]1Cc1c[nH]c2ccc(CCS(=O)(=O)c3ccccc3)cc12.CN1[C@@H]2CC[C@H]1C[C@@H](OC(=O)c1c[nH]c3ccccc13)C2. The second kappa shape index (κ2) is 13.9. The lowest BCUT2D eigenvalue weighted by molar-refractivity contribution is -0.000265. The first-order valence-corrected chi connectivity index (χ1v) is 19.0. The molecule has 3 aromatic carbocycles. The quantitative estimate of drug-likeness (QED) is 0.178. The summed E-state index contributed by atoms with van der Waals surface area (Å²) in [4.78, 5) is 24.2. The van der Waals surface area contributed by atoms with Crippen LogP contribution in [-0.2, 0) is 27.4 Å². The summed E-state index contributed by atoms with van der Waals surface area (Å²) in [6, 6.07) is 24.6. The highest BCUT2D eigenvalue weighted by Gasteiger charge is 2.40. The standard InChI is InChI=1S/C22H26N2O2S.C17H20N2O2/c1-24-12-5-6-19(24)15-18-16-23-22-10-9-17(14-21(18)22)11-13-27(25,26)20-7-3-2-4-8-20;1-19-11-6-7-12(19)9-13(8-11)21-17(20)15-10-18-16-5-3-2-4-14(15)16/h2-4,7-10,14,16,19,23H,5-6,11-13,15H2,1H3;2-5,10-13,18H,6-9H2,1H3/t19-;11-,12+,13+/m1./s1. The Labute approximate surface area is 283 Å². The van der Waals surface area contributed by atoms with Gasteiger partial charge in [-0.3, -0.25) is 0 Å². The van der Waals surface area contributed by atoms with Gasteiger partial charge in [-0.2, -0.15) is 0 Å². The third-order valence-corrected chi connectivity index (χ3v) is 12.6. The fourth-order valence-electron chi connectivity index (χ4n) is 7.95. The van der Waals surface area contributed by atoms with Gasteiger partial charge < -0.3 is 24.5 Å². The first-order valence-electron chi connectivity index (χ1n) is 17.3. The molecule has 0 amide bonds. The minimum atomic E-state index is -3.25. The van der Waals surface area contributed by atoms with Crippen molar-refractivity contribution in [3.05, 3.63) is 102 Å². The number of nitrogens with one attached hydrogen (secondary N) is 2. The number of rotatable bonds is 8. The molecule has 0 saturated carbocycles. The number of hydrogen-bond donors (Lipinski definition) is 2. The molecule has 5 aromatic rings. The van der Waals surface area contributed by atoms with Crippen molar-refractivity contribution in [1.29, 1.82) is 0 Å². The van der Waals surface area contributed by atoms with Gasteiger partial charge in [-0.25, -0.2) is 13.2 Å². The minimum absolute atomic E-state index is 0.0693. The number of ether oxygens (including phenoxy) is 1. The summed E-state index contributed by atoms with van der Waals surface area (Å²) in [5.41, 5.74) is 5.16. The molecule has 9 heteroatoms. The number of sulfone groups is 1. The summed E-state index contributed by atoms with van der Waals surface area (Å²) in [6.07, 6.45) is 12.5. The average molecular weight is 667 g/mol. The summed E-state index contributed by atoms with van der Waals surface area (Å²) in [6.45, 7) is 1.18. The Bertz CT molecular complexity index is 1970. The van der Waals surface area contributed by atoms with E-state index in [0.29, 0.717) is 35.0 Å². The maximum absolute atomic E-state index is 12.5. The van der Waals surface area contributed by atoms with E-state index >= 15 is 0 Å². The summed E-state index contributed by atoms with van der Waals surface area (Å²) in [5, 5.41) is 2.17. The van der Waals surface area contributed by atoms with Crippen molar-refractivity contribution in [3.63, 3.8) is 0 Å². The lowest BCUT2D eigenvalue weighted by Gasteiger charge is -2.35. The number of carbonyl (C=O) groups is 1. The lowest BCUT2D eigenvalue weighted by atomic mass is 10.0. The van der Waals surface area contributed by atoms with Crippen molar-refractivity contribution in [2.24, 2.45) is 0 Å². The van der Waals surface area contributed by atoms with E-state index in [0.717, 1.165) is 41.2 Å². The van der Waals surface area contributed by atoms with Gasteiger partial charge in [0.05, 0.1) is 16.2 Å². The number of H-pyrrole nitrogens is 2. The number of likely N-dealkylation sites (tertiary alicyclic amines) is 1. The van der Waals surface area contributed by atoms with E-state index in [1.807, 2.05) is 36.4 Å². The van der Waals surface area contributed by atoms with Gasteiger partial charge in [0, 0.05) is 65.2 Å². The number of aromatic amines is 2. The van der Waals surface area contributed by atoms with Crippen LogP contribution in [0.2, 0.25) is 0 Å². The molecule has 252 valence electrons. The Morgan fingerprint density at radius 2 is 1.56 bits per heavy atom. The van der Waals surface area contributed by atoms with E-state index < -0.39 is 9.84 Å². The molecule has 3 aliphatic heterocycles. The lowest BCUT2D eigenvalue weighted by Crippen LogP contribution is -2.43. The van der Waals surface area contributed by atoms with Crippen LogP contribution in [0.15, 0.2) is 90.1 Å². The molecule has 48 heavy (non-hydrogen) atoms. The third kappa shape index (κ3) is 6.95. The number of piperidine rings is 1. The Kier molecular flexibility index (Phi) is 9.45. The van der Waals surface area contributed by atoms with E-state index in [2.05, 4.69) is 52.2 Å². The predicted molar refractivity (Wildman–Crippen MR) is 191 cm³/mol. The van der Waals surface area contributed by atoms with E-state index in [9.17, 15) is 13.2 Å². The topological polar surface area (TPSA) is 98.5 Å². The molecular formula is C39H46N4O4S. The first-order chi connectivity index (χ1) is 23.2. The Morgan fingerprint density at radius 3 is 2.31 bits per heavy atom. The Balaban J connectivity index is 0.000000156. The molecule has 0 unspecified atom stereocenters. The molecule has 8 rings (SSSR count). The Hall–Kier alpha value is -3.92. The second-order valence-corrected chi connectivity index (χ2v) is 16.0. The van der Waals surface area contributed by atoms with Crippen LogP contribution in [0.25, 0.3) is 21.8 Å². The number of likely N-dealkylation sites (N-methyl/N-ethyl adjacent to an activating group) is 1. The normalized spacial score (nSPS) is 23.0. The summed E-state index contributed by atoms with van der Waals surface area (Å²) in [5.74, 6) is -0.0606. The highest BCUT2D eigenvalue weighted by Crippen LogP contribution is 2.36. The largest absolute Gasteiger partial charge is 0.459 e. The van der Waals surface area contributed by atoms with Crippen LogP contribution >= 0.6 is 0 Å². The molecule has 8 nitrogen and oxygen atoms in total. The molecule has 5 heterocycles. The van der Waals surface area contributed by atoms with Gasteiger partial charge in [-0.15, -0.1) is 0 Å². The summed E-state index contributed by atoms with van der Waals surface area (Å²) >= 11 is 0. The van der Waals surface area contributed by atoms with Crippen LogP contribution in [-0.4, -0.2) is 84.8 Å². The molecule has 3 saturated heterocycles. The first kappa shape index (κ1) is 32.6. The van der Waals surface area contributed by atoms with Crippen molar-refractivity contribution in [2.75, 3.05) is 26.4 Å². The van der Waals surface area contributed by atoms with Gasteiger partial charge in [-0.05, 0) is 101 Å². The molecule has 0 radical (unpaired) electrons. The molecule has 3 aliphatic rings. The number of hydrogen-bond acceptors (Lipinski definition) is 6. The molecule has 3 fully saturated rings. The van der Waals surface area contributed by atoms with Gasteiger partial charge in [0.25, 0.3) is 0 Å². The number of nitrogens with zero attached hydrogens (tertiary/aromatic N) is 2. The van der Waals surface area contributed by atoms with E-state index in [-0.39, 0.29) is 17.8 Å². The highest BCUT2D eigenvalue weighted by atomic mass is 32.2. The van der Waals surface area contributed by atoms with Gasteiger partial charge in [0.2, 0.25) is 0 Å². The fraction of sp³-hybridized carbons (Fsp3) is 0.410. The van der Waals surface area contributed by atoms with Crippen LogP contribution in [0.5, 0.6) is 0 Å². The zero-order valence-corrected chi connectivity index (χ0v) is 28.7. The second-order valence-electron chi connectivity index (χ2n) is 13.9. The zero-order chi connectivity index (χ0) is 33.3. The molecule has 0 aliphatic carbocycles. The number of carbonyl (C=O) groups excluding carboxylic acids is 1. The smallest absolute Gasteiger partial charge is 0.340 e. The van der Waals surface area contributed by atoms with Crippen LogP contribution in [0.3, 0.4) is 0 Å². The molecule has 4 atom stereocenters. The average Bonchev–Trinajstić information content (AvgIpc) is 3.86. The van der Waals surface area contributed by atoms with Gasteiger partial charge >= 0.3 is 5.97 Å². The summed E-state index contributed by atoms with van der Waals surface area (Å²) < 4.78 is 30.9. The molecule has 2 N–H and O–H groups in total. The van der Waals surface area contributed by atoms with E-state index in [1.165, 1.54) is 43.2 Å². The van der Waals surface area contributed by atoms with Crippen LogP contribution in [0.1, 0.15) is 60.0 Å². The molecule has 2 bridgehead atoms. The van der Waals surface area contributed by atoms with Crippen molar-refractivity contribution >= 4 is 37.6 Å². The molecule has 2 aromatic heterocycles. The maximum atomic E-state index is 12.5. The molecular weight excluding hydrogens is 621 g/mol. The van der Waals surface area contributed by atoms with Crippen LogP contribution in [0.4, 0.5) is 0 Å². The van der Waals surface area contributed by atoms with Gasteiger partial charge in [0.1, 0.15) is 6.10 Å². The number of esters is 1. The minimum Gasteiger partial charge on any atom is -0.459 e. The number of aromatic nitrogens is 2. The predicted octanol–water partition coefficient (Wildman–Crippen LogP) is 6.77. The number of aryl methyl sites for hydroxylation is 1. The Morgan fingerprint density at radius 1 is 0.854 bits per heavy atom. The van der Waals surface area contributed by atoms with Crippen molar-refractivity contribution < 1.29 is 17.9 Å².